The quantitative estimate of drug-likeness (QED) is 0.145. The van der Waals surface area contributed by atoms with Crippen LogP contribution in [0.4, 0.5) is 0 Å². The number of fused-ring (bicyclic) bond motifs is 2. The lowest BCUT2D eigenvalue weighted by molar-refractivity contribution is 0.394. The summed E-state index contributed by atoms with van der Waals surface area (Å²) in [6, 6.07) is 60.0. The molecule has 0 aromatic heterocycles. The van der Waals surface area contributed by atoms with Gasteiger partial charge >= 0.3 is 0 Å². The standard InChI is InChI=1S/C45H37N5/c1-4-17-32(18-5-1)39-29-40(37-26-14-23-30-15-10-12-24-35(30)37)47-45(46-39)41-36-25-13-11-16-31(36)27-28-38(41)44-49-42(33-19-6-2-7-20-33)48-43(50-44)34-21-8-3-9-22-34/h1-29,40,42,44-47,49H,(H,48,50). The molecule has 242 valence electrons. The third-order valence-electron chi connectivity index (χ3n) is 9.85. The van der Waals surface area contributed by atoms with Crippen molar-refractivity contribution in [2.75, 3.05) is 0 Å². The van der Waals surface area contributed by atoms with E-state index < -0.39 is 0 Å². The Morgan fingerprint density at radius 1 is 0.440 bits per heavy atom. The normalized spacial score (nSPS) is 20.4. The lowest BCUT2D eigenvalue weighted by Crippen LogP contribution is -2.46. The van der Waals surface area contributed by atoms with Gasteiger partial charge in [-0.25, -0.2) is 4.99 Å². The number of amidine groups is 1. The summed E-state index contributed by atoms with van der Waals surface area (Å²) in [5.74, 6) is 0.866. The summed E-state index contributed by atoms with van der Waals surface area (Å²) in [5.41, 5.74) is 8.04. The molecule has 0 amide bonds. The van der Waals surface area contributed by atoms with Gasteiger partial charge in [-0.3, -0.25) is 10.6 Å². The van der Waals surface area contributed by atoms with Crippen molar-refractivity contribution in [3.8, 4) is 0 Å². The summed E-state index contributed by atoms with van der Waals surface area (Å²) >= 11 is 0. The van der Waals surface area contributed by atoms with Crippen LogP contribution < -0.4 is 21.3 Å². The predicted octanol–water partition coefficient (Wildman–Crippen LogP) is 9.30. The third-order valence-corrected chi connectivity index (χ3v) is 9.85. The van der Waals surface area contributed by atoms with Gasteiger partial charge in [0.15, 0.2) is 0 Å². The number of hydrogen-bond donors (Lipinski definition) is 4. The van der Waals surface area contributed by atoms with Gasteiger partial charge in [-0.15, -0.1) is 0 Å². The van der Waals surface area contributed by atoms with E-state index in [2.05, 4.69) is 191 Å². The van der Waals surface area contributed by atoms with Gasteiger partial charge in [0.2, 0.25) is 0 Å². The van der Waals surface area contributed by atoms with Gasteiger partial charge in [0.05, 0.1) is 6.04 Å². The minimum Gasteiger partial charge on any atom is -0.366 e. The summed E-state index contributed by atoms with van der Waals surface area (Å²) in [5, 5.41) is 20.6. The lowest BCUT2D eigenvalue weighted by Gasteiger charge is -2.38. The average molecular weight is 648 g/mol. The highest BCUT2D eigenvalue weighted by molar-refractivity contribution is 5.99. The maximum Gasteiger partial charge on any atom is 0.131 e. The molecule has 4 N–H and O–H groups in total. The molecule has 0 fully saturated rings. The first-order valence-corrected chi connectivity index (χ1v) is 17.3. The van der Waals surface area contributed by atoms with Crippen LogP contribution in [-0.4, -0.2) is 5.84 Å². The fourth-order valence-electron chi connectivity index (χ4n) is 7.45. The molecule has 7 aromatic rings. The summed E-state index contributed by atoms with van der Waals surface area (Å²) in [4.78, 5) is 5.19. The largest absolute Gasteiger partial charge is 0.366 e. The second-order valence-corrected chi connectivity index (χ2v) is 12.9. The van der Waals surface area contributed by atoms with Gasteiger partial charge < -0.3 is 10.6 Å². The van der Waals surface area contributed by atoms with Crippen molar-refractivity contribution >= 4 is 33.1 Å². The van der Waals surface area contributed by atoms with Crippen LogP contribution >= 0.6 is 0 Å². The molecule has 0 bridgehead atoms. The Morgan fingerprint density at radius 2 is 1.06 bits per heavy atom. The molecule has 0 saturated heterocycles. The molecule has 5 heteroatoms. The fourth-order valence-corrected chi connectivity index (χ4v) is 7.45. The van der Waals surface area contributed by atoms with Crippen LogP contribution in [0.15, 0.2) is 181 Å². The van der Waals surface area contributed by atoms with Gasteiger partial charge in [-0.1, -0.05) is 170 Å². The van der Waals surface area contributed by atoms with Crippen LogP contribution in [0.25, 0.3) is 27.2 Å². The number of hydrogen-bond acceptors (Lipinski definition) is 5. The highest BCUT2D eigenvalue weighted by Gasteiger charge is 2.32. The van der Waals surface area contributed by atoms with Crippen LogP contribution in [0.3, 0.4) is 0 Å². The Bertz CT molecular complexity index is 2350. The van der Waals surface area contributed by atoms with Crippen molar-refractivity contribution in [3.63, 3.8) is 0 Å². The van der Waals surface area contributed by atoms with Crippen LogP contribution in [0.1, 0.15) is 57.9 Å². The minimum absolute atomic E-state index is 0.0415. The molecular weight excluding hydrogens is 611 g/mol. The summed E-state index contributed by atoms with van der Waals surface area (Å²) < 4.78 is 0. The predicted molar refractivity (Wildman–Crippen MR) is 205 cm³/mol. The molecular formula is C45H37N5. The molecule has 5 nitrogen and oxygen atoms in total. The smallest absolute Gasteiger partial charge is 0.131 e. The molecule has 50 heavy (non-hydrogen) atoms. The first kappa shape index (κ1) is 30.1. The Labute approximate surface area is 292 Å². The Hall–Kier alpha value is -6.01. The third kappa shape index (κ3) is 5.73. The second kappa shape index (κ2) is 13.1. The zero-order valence-electron chi connectivity index (χ0n) is 27.5. The van der Waals surface area contributed by atoms with E-state index in [1.165, 1.54) is 32.7 Å². The van der Waals surface area contributed by atoms with E-state index in [4.69, 9.17) is 4.99 Å². The number of nitrogens with zero attached hydrogens (tertiary/aromatic N) is 1. The van der Waals surface area contributed by atoms with Gasteiger partial charge in [0, 0.05) is 16.8 Å². The molecule has 2 heterocycles. The monoisotopic (exact) mass is 647 g/mol. The van der Waals surface area contributed by atoms with Gasteiger partial charge in [0.1, 0.15) is 24.3 Å². The average Bonchev–Trinajstić information content (AvgIpc) is 3.21. The van der Waals surface area contributed by atoms with Gasteiger partial charge in [0.25, 0.3) is 0 Å². The number of rotatable bonds is 6. The molecule has 2 aliphatic rings. The molecule has 0 aliphatic carbocycles. The van der Waals surface area contributed by atoms with Crippen molar-refractivity contribution < 1.29 is 0 Å². The zero-order valence-corrected chi connectivity index (χ0v) is 27.5. The first-order valence-electron chi connectivity index (χ1n) is 17.3. The Kier molecular flexibility index (Phi) is 7.90. The van der Waals surface area contributed by atoms with Crippen molar-refractivity contribution in [2.45, 2.75) is 24.5 Å². The fraction of sp³-hybridized carbons (Fsp3) is 0.0889. The lowest BCUT2D eigenvalue weighted by atomic mass is 9.90. The summed E-state index contributed by atoms with van der Waals surface area (Å²) in [6.45, 7) is 0. The highest BCUT2D eigenvalue weighted by Crippen LogP contribution is 2.38. The van der Waals surface area contributed by atoms with Crippen LogP contribution in [0.2, 0.25) is 0 Å². The first-order chi connectivity index (χ1) is 24.8. The highest BCUT2D eigenvalue weighted by atomic mass is 15.3. The molecule has 9 rings (SSSR count). The Morgan fingerprint density at radius 3 is 1.82 bits per heavy atom. The van der Waals surface area contributed by atoms with E-state index in [9.17, 15) is 0 Å². The van der Waals surface area contributed by atoms with Gasteiger partial charge in [-0.2, -0.15) is 0 Å². The van der Waals surface area contributed by atoms with Crippen molar-refractivity contribution in [3.05, 3.63) is 209 Å². The van der Waals surface area contributed by atoms with E-state index >= 15 is 0 Å². The molecule has 4 atom stereocenters. The van der Waals surface area contributed by atoms with Crippen LogP contribution in [0, 0.1) is 0 Å². The van der Waals surface area contributed by atoms with E-state index in [1.807, 2.05) is 6.07 Å². The molecule has 7 aromatic carbocycles. The molecule has 0 spiro atoms. The Balaban J connectivity index is 1.20. The maximum absolute atomic E-state index is 5.19. The maximum atomic E-state index is 5.19. The van der Waals surface area contributed by atoms with E-state index in [0.29, 0.717) is 0 Å². The molecule has 0 radical (unpaired) electrons. The van der Waals surface area contributed by atoms with E-state index in [-0.39, 0.29) is 24.5 Å². The van der Waals surface area contributed by atoms with Crippen molar-refractivity contribution in [1.82, 2.24) is 21.3 Å². The molecule has 0 saturated carbocycles. The van der Waals surface area contributed by atoms with Crippen molar-refractivity contribution in [2.24, 2.45) is 4.99 Å². The minimum atomic E-state index is -0.229. The van der Waals surface area contributed by atoms with Gasteiger partial charge in [-0.05, 0) is 49.9 Å². The number of nitrogens with one attached hydrogen (secondary N) is 4. The summed E-state index contributed by atoms with van der Waals surface area (Å²) in [7, 11) is 0. The molecule has 2 aliphatic heterocycles. The SMILES string of the molecule is C1=C(c2ccccc2)NC(c2c(C3NC(c4ccccc4)=NC(c4ccccc4)N3)ccc3ccccc23)NC1c1cccc2ccccc12. The topological polar surface area (TPSA) is 60.5 Å². The zero-order chi connectivity index (χ0) is 33.3. The summed E-state index contributed by atoms with van der Waals surface area (Å²) in [6.07, 6.45) is 1.67. The number of benzene rings is 7. The second-order valence-electron chi connectivity index (χ2n) is 12.9. The number of aliphatic imine (C=N–C) groups is 1. The molecule has 4 unspecified atom stereocenters. The van der Waals surface area contributed by atoms with E-state index in [0.717, 1.165) is 33.8 Å². The van der Waals surface area contributed by atoms with Crippen LogP contribution in [-0.2, 0) is 0 Å². The van der Waals surface area contributed by atoms with Crippen LogP contribution in [0.5, 0.6) is 0 Å². The van der Waals surface area contributed by atoms with Crippen molar-refractivity contribution in [1.29, 1.82) is 0 Å². The van der Waals surface area contributed by atoms with E-state index in [1.54, 1.807) is 0 Å².